The van der Waals surface area contributed by atoms with Crippen molar-refractivity contribution in [2.45, 2.75) is 63.7 Å². The van der Waals surface area contributed by atoms with E-state index in [-0.39, 0.29) is 11.9 Å². The number of carbonyl (C=O) groups is 1. The van der Waals surface area contributed by atoms with Crippen LogP contribution in [0.15, 0.2) is 21.9 Å². The van der Waals surface area contributed by atoms with Gasteiger partial charge in [-0.2, -0.15) is 0 Å². The molecule has 7 heteroatoms. The number of hydrogen-bond donors (Lipinski definition) is 1. The van der Waals surface area contributed by atoms with Gasteiger partial charge in [-0.05, 0) is 39.7 Å². The number of aryl methyl sites for hydroxylation is 1. The molecule has 0 saturated heterocycles. The van der Waals surface area contributed by atoms with Crippen molar-refractivity contribution in [1.29, 1.82) is 0 Å². The SMILES string of the molecule is Cc1occc1-c1nnc(SCC(=O)NC2CCCC2)n1C(C)C. The summed E-state index contributed by atoms with van der Waals surface area (Å²) in [6.45, 7) is 6.09. The summed E-state index contributed by atoms with van der Waals surface area (Å²) in [6, 6.07) is 2.45. The average Bonchev–Trinajstić information content (AvgIpc) is 3.25. The van der Waals surface area contributed by atoms with Crippen molar-refractivity contribution in [2.75, 3.05) is 5.75 Å². The summed E-state index contributed by atoms with van der Waals surface area (Å²) in [5, 5.41) is 12.5. The second-order valence-corrected chi connectivity index (χ2v) is 7.44. The van der Waals surface area contributed by atoms with Crippen LogP contribution in [-0.4, -0.2) is 32.5 Å². The predicted molar refractivity (Wildman–Crippen MR) is 94.0 cm³/mol. The molecule has 24 heavy (non-hydrogen) atoms. The summed E-state index contributed by atoms with van der Waals surface area (Å²) in [7, 11) is 0. The van der Waals surface area contributed by atoms with Crippen LogP contribution in [0.25, 0.3) is 11.4 Å². The summed E-state index contributed by atoms with van der Waals surface area (Å²) < 4.78 is 7.44. The smallest absolute Gasteiger partial charge is 0.230 e. The van der Waals surface area contributed by atoms with E-state index < -0.39 is 0 Å². The maximum absolute atomic E-state index is 12.1. The molecule has 0 radical (unpaired) electrons. The third kappa shape index (κ3) is 3.66. The van der Waals surface area contributed by atoms with E-state index in [1.807, 2.05) is 13.0 Å². The number of carbonyl (C=O) groups excluding carboxylic acids is 1. The second kappa shape index (κ2) is 7.42. The van der Waals surface area contributed by atoms with Crippen molar-refractivity contribution in [3.63, 3.8) is 0 Å². The molecule has 2 aromatic rings. The van der Waals surface area contributed by atoms with Crippen LogP contribution in [0.4, 0.5) is 0 Å². The molecule has 1 aliphatic carbocycles. The Morgan fingerprint density at radius 3 is 2.79 bits per heavy atom. The van der Waals surface area contributed by atoms with Gasteiger partial charge >= 0.3 is 0 Å². The molecule has 0 bridgehead atoms. The van der Waals surface area contributed by atoms with Gasteiger partial charge in [0.25, 0.3) is 0 Å². The molecule has 0 aliphatic heterocycles. The van der Waals surface area contributed by atoms with Crippen LogP contribution in [0.1, 0.15) is 51.3 Å². The number of amides is 1. The normalized spacial score (nSPS) is 15.3. The monoisotopic (exact) mass is 348 g/mol. The molecule has 0 atom stereocenters. The lowest BCUT2D eigenvalue weighted by molar-refractivity contribution is -0.119. The van der Waals surface area contributed by atoms with Crippen LogP contribution in [0.5, 0.6) is 0 Å². The van der Waals surface area contributed by atoms with Crippen LogP contribution in [0, 0.1) is 6.92 Å². The Morgan fingerprint density at radius 2 is 2.17 bits per heavy atom. The molecule has 1 amide bonds. The largest absolute Gasteiger partial charge is 0.469 e. The molecular formula is C17H24N4O2S. The van der Waals surface area contributed by atoms with E-state index in [1.54, 1.807) is 6.26 Å². The van der Waals surface area contributed by atoms with Gasteiger partial charge in [-0.1, -0.05) is 24.6 Å². The summed E-state index contributed by atoms with van der Waals surface area (Å²) in [5.41, 5.74) is 0.943. The van der Waals surface area contributed by atoms with E-state index in [9.17, 15) is 4.79 Å². The minimum atomic E-state index is 0.0752. The fourth-order valence-electron chi connectivity index (χ4n) is 3.11. The van der Waals surface area contributed by atoms with Crippen molar-refractivity contribution >= 4 is 17.7 Å². The van der Waals surface area contributed by atoms with Gasteiger partial charge in [-0.25, -0.2) is 0 Å². The van der Waals surface area contributed by atoms with E-state index >= 15 is 0 Å². The van der Waals surface area contributed by atoms with Gasteiger partial charge in [0.1, 0.15) is 5.76 Å². The van der Waals surface area contributed by atoms with Crippen LogP contribution in [0.2, 0.25) is 0 Å². The maximum atomic E-state index is 12.1. The predicted octanol–water partition coefficient (Wildman–Crippen LogP) is 3.58. The van der Waals surface area contributed by atoms with Crippen molar-refractivity contribution in [3.8, 4) is 11.4 Å². The third-order valence-corrected chi connectivity index (χ3v) is 5.28. The van der Waals surface area contributed by atoms with Crippen LogP contribution >= 0.6 is 11.8 Å². The molecule has 1 saturated carbocycles. The number of nitrogens with one attached hydrogen (secondary N) is 1. The zero-order valence-corrected chi connectivity index (χ0v) is 15.2. The van der Waals surface area contributed by atoms with Crippen LogP contribution in [0.3, 0.4) is 0 Å². The molecule has 130 valence electrons. The first kappa shape index (κ1) is 17.1. The van der Waals surface area contributed by atoms with Gasteiger partial charge in [-0.3, -0.25) is 9.36 Å². The Balaban J connectivity index is 1.70. The molecule has 0 spiro atoms. The van der Waals surface area contributed by atoms with Gasteiger partial charge in [0.2, 0.25) is 5.91 Å². The lowest BCUT2D eigenvalue weighted by atomic mass is 10.2. The van der Waals surface area contributed by atoms with Gasteiger partial charge in [0, 0.05) is 12.1 Å². The van der Waals surface area contributed by atoms with E-state index in [0.29, 0.717) is 11.8 Å². The van der Waals surface area contributed by atoms with E-state index in [0.717, 1.165) is 35.1 Å². The highest BCUT2D eigenvalue weighted by atomic mass is 32.2. The highest BCUT2D eigenvalue weighted by Crippen LogP contribution is 2.30. The number of thioether (sulfide) groups is 1. The molecule has 6 nitrogen and oxygen atoms in total. The molecule has 3 rings (SSSR count). The van der Waals surface area contributed by atoms with E-state index in [2.05, 4.69) is 33.9 Å². The van der Waals surface area contributed by atoms with Crippen molar-refractivity contribution in [2.24, 2.45) is 0 Å². The first-order valence-electron chi connectivity index (χ1n) is 8.47. The standard InChI is InChI=1S/C17H24N4O2S/c1-11(2)21-16(14-8-9-23-12(14)3)19-20-17(21)24-10-15(22)18-13-6-4-5-7-13/h8-9,11,13H,4-7,10H2,1-3H3,(H,18,22). The van der Waals surface area contributed by atoms with Crippen molar-refractivity contribution in [1.82, 2.24) is 20.1 Å². The van der Waals surface area contributed by atoms with Gasteiger partial charge in [0.15, 0.2) is 11.0 Å². The number of hydrogen-bond acceptors (Lipinski definition) is 5. The first-order chi connectivity index (χ1) is 11.6. The topological polar surface area (TPSA) is 72.9 Å². The quantitative estimate of drug-likeness (QED) is 0.808. The Kier molecular flexibility index (Phi) is 5.28. The highest BCUT2D eigenvalue weighted by Gasteiger charge is 2.21. The Bertz CT molecular complexity index is 701. The molecule has 1 aliphatic rings. The minimum Gasteiger partial charge on any atom is -0.469 e. The number of rotatable bonds is 6. The Labute approximate surface area is 146 Å². The number of nitrogens with zero attached hydrogens (tertiary/aromatic N) is 3. The third-order valence-electron chi connectivity index (χ3n) is 4.33. The van der Waals surface area contributed by atoms with E-state index in [4.69, 9.17) is 4.42 Å². The summed E-state index contributed by atoms with van der Waals surface area (Å²) in [4.78, 5) is 12.1. The lowest BCUT2D eigenvalue weighted by Crippen LogP contribution is -2.33. The molecule has 1 fully saturated rings. The Hall–Kier alpha value is -1.76. The summed E-state index contributed by atoms with van der Waals surface area (Å²) in [6.07, 6.45) is 6.29. The van der Waals surface area contributed by atoms with Gasteiger partial charge in [-0.15, -0.1) is 10.2 Å². The highest BCUT2D eigenvalue weighted by molar-refractivity contribution is 7.99. The average molecular weight is 348 g/mol. The van der Waals surface area contributed by atoms with Crippen LogP contribution in [-0.2, 0) is 4.79 Å². The van der Waals surface area contributed by atoms with Gasteiger partial charge < -0.3 is 9.73 Å². The maximum Gasteiger partial charge on any atom is 0.230 e. The second-order valence-electron chi connectivity index (χ2n) is 6.50. The molecule has 0 unspecified atom stereocenters. The molecule has 2 aromatic heterocycles. The summed E-state index contributed by atoms with van der Waals surface area (Å²) >= 11 is 1.44. The van der Waals surface area contributed by atoms with Gasteiger partial charge in [0.05, 0.1) is 17.6 Å². The first-order valence-corrected chi connectivity index (χ1v) is 9.46. The minimum absolute atomic E-state index is 0.0752. The number of aromatic nitrogens is 3. The zero-order valence-electron chi connectivity index (χ0n) is 14.4. The lowest BCUT2D eigenvalue weighted by Gasteiger charge is -2.14. The molecule has 1 N–H and O–H groups in total. The van der Waals surface area contributed by atoms with Crippen LogP contribution < -0.4 is 5.32 Å². The number of furan rings is 1. The van der Waals surface area contributed by atoms with E-state index in [1.165, 1.54) is 24.6 Å². The molecule has 2 heterocycles. The molecule has 0 aromatic carbocycles. The molecular weight excluding hydrogens is 324 g/mol. The summed E-state index contributed by atoms with van der Waals surface area (Å²) in [5.74, 6) is 2.05. The fraction of sp³-hybridized carbons (Fsp3) is 0.588. The van der Waals surface area contributed by atoms with Crippen molar-refractivity contribution in [3.05, 3.63) is 18.1 Å². The fourth-order valence-corrected chi connectivity index (χ4v) is 3.99. The van der Waals surface area contributed by atoms with Crippen molar-refractivity contribution < 1.29 is 9.21 Å². The zero-order chi connectivity index (χ0) is 17.1. The Morgan fingerprint density at radius 1 is 1.42 bits per heavy atom.